The molecule has 4 nitrogen and oxygen atoms in total. The number of carbonyl (C=O) groups excluding carboxylic acids is 1. The van der Waals surface area contributed by atoms with E-state index in [4.69, 9.17) is 9.47 Å². The lowest BCUT2D eigenvalue weighted by molar-refractivity contribution is -0.115. The summed E-state index contributed by atoms with van der Waals surface area (Å²) in [5.74, 6) is 1.34. The molecule has 1 heterocycles. The average molecular weight is 376 g/mol. The first kappa shape index (κ1) is 15.9. The molecule has 0 unspecified atom stereocenters. The van der Waals surface area contributed by atoms with Crippen molar-refractivity contribution in [3.63, 3.8) is 0 Å². The van der Waals surface area contributed by atoms with Crippen molar-refractivity contribution in [2.75, 3.05) is 18.5 Å². The number of aryl methyl sites for hydroxylation is 2. The van der Waals surface area contributed by atoms with Crippen LogP contribution in [0.2, 0.25) is 0 Å². The van der Waals surface area contributed by atoms with Crippen molar-refractivity contribution in [2.24, 2.45) is 0 Å². The van der Waals surface area contributed by atoms with Crippen LogP contribution in [0, 0.1) is 13.8 Å². The van der Waals surface area contributed by atoms with Crippen LogP contribution < -0.4 is 14.8 Å². The minimum atomic E-state index is -0.0608. The minimum Gasteiger partial charge on any atom is -0.486 e. The van der Waals surface area contributed by atoms with Gasteiger partial charge in [-0.3, -0.25) is 4.79 Å². The van der Waals surface area contributed by atoms with Crippen LogP contribution in [0.3, 0.4) is 0 Å². The second-order valence-corrected chi connectivity index (χ2v) is 6.48. The summed E-state index contributed by atoms with van der Waals surface area (Å²) in [4.78, 5) is 12.3. The Morgan fingerprint density at radius 3 is 2.52 bits per heavy atom. The number of fused-ring (bicyclic) bond motifs is 1. The number of hydrogen-bond acceptors (Lipinski definition) is 3. The number of hydrogen-bond donors (Lipinski definition) is 1. The van der Waals surface area contributed by atoms with Crippen molar-refractivity contribution in [2.45, 2.75) is 20.3 Å². The Hall–Kier alpha value is -2.01. The molecule has 0 radical (unpaired) electrons. The number of anilines is 1. The highest BCUT2D eigenvalue weighted by atomic mass is 79.9. The predicted molar refractivity (Wildman–Crippen MR) is 93.4 cm³/mol. The number of rotatable bonds is 3. The SMILES string of the molecule is Cc1ccc(NC(=O)Cc2cc3c(cc2Br)OCCO3)c(C)c1. The molecule has 0 aliphatic carbocycles. The molecule has 1 aliphatic rings. The van der Waals surface area contributed by atoms with Gasteiger partial charge in [-0.25, -0.2) is 0 Å². The smallest absolute Gasteiger partial charge is 0.228 e. The summed E-state index contributed by atoms with van der Waals surface area (Å²) >= 11 is 3.50. The molecule has 5 heteroatoms. The first-order valence-electron chi connectivity index (χ1n) is 7.48. The number of nitrogens with one attached hydrogen (secondary N) is 1. The fourth-order valence-electron chi connectivity index (χ4n) is 2.56. The Morgan fingerprint density at radius 2 is 1.83 bits per heavy atom. The molecule has 0 spiro atoms. The van der Waals surface area contributed by atoms with Gasteiger partial charge in [0.25, 0.3) is 0 Å². The average Bonchev–Trinajstić information content (AvgIpc) is 2.51. The predicted octanol–water partition coefficient (Wildman–Crippen LogP) is 4.02. The van der Waals surface area contributed by atoms with Crippen molar-refractivity contribution < 1.29 is 14.3 Å². The third kappa shape index (κ3) is 3.67. The van der Waals surface area contributed by atoms with Gasteiger partial charge >= 0.3 is 0 Å². The maximum Gasteiger partial charge on any atom is 0.228 e. The van der Waals surface area contributed by atoms with Gasteiger partial charge in [-0.1, -0.05) is 33.6 Å². The van der Waals surface area contributed by atoms with Gasteiger partial charge in [-0.2, -0.15) is 0 Å². The van der Waals surface area contributed by atoms with Gasteiger partial charge in [0.05, 0.1) is 6.42 Å². The molecule has 1 aliphatic heterocycles. The van der Waals surface area contributed by atoms with Crippen molar-refractivity contribution in [3.8, 4) is 11.5 Å². The monoisotopic (exact) mass is 375 g/mol. The maximum absolute atomic E-state index is 12.3. The van der Waals surface area contributed by atoms with E-state index in [1.54, 1.807) is 0 Å². The third-order valence-corrected chi connectivity index (χ3v) is 4.46. The Kier molecular flexibility index (Phi) is 4.57. The molecule has 120 valence electrons. The summed E-state index contributed by atoms with van der Waals surface area (Å²) < 4.78 is 11.9. The van der Waals surface area contributed by atoms with Crippen LogP contribution in [-0.4, -0.2) is 19.1 Å². The standard InChI is InChI=1S/C18H18BrNO3/c1-11-3-4-15(12(2)7-11)20-18(21)9-13-8-16-17(10-14(13)19)23-6-5-22-16/h3-4,7-8,10H,5-6,9H2,1-2H3,(H,20,21). The van der Waals surface area contributed by atoms with E-state index in [1.165, 1.54) is 5.56 Å². The van der Waals surface area contributed by atoms with Gasteiger partial charge in [-0.05, 0) is 43.2 Å². The van der Waals surface area contributed by atoms with E-state index in [0.717, 1.165) is 21.3 Å². The molecule has 1 N–H and O–H groups in total. The van der Waals surface area contributed by atoms with Gasteiger partial charge in [0.2, 0.25) is 5.91 Å². The zero-order chi connectivity index (χ0) is 16.4. The first-order chi connectivity index (χ1) is 11.0. The maximum atomic E-state index is 12.3. The Labute approximate surface area is 143 Å². The van der Waals surface area contributed by atoms with Crippen LogP contribution in [-0.2, 0) is 11.2 Å². The highest BCUT2D eigenvalue weighted by molar-refractivity contribution is 9.10. The summed E-state index contributed by atoms with van der Waals surface area (Å²) in [6, 6.07) is 9.69. The molecule has 0 fully saturated rings. The number of ether oxygens (including phenoxy) is 2. The third-order valence-electron chi connectivity index (χ3n) is 3.72. The van der Waals surface area contributed by atoms with Gasteiger partial charge in [-0.15, -0.1) is 0 Å². The zero-order valence-corrected chi connectivity index (χ0v) is 14.7. The van der Waals surface area contributed by atoms with Crippen LogP contribution in [0.25, 0.3) is 0 Å². The van der Waals surface area contributed by atoms with Crippen LogP contribution in [0.15, 0.2) is 34.8 Å². The largest absolute Gasteiger partial charge is 0.486 e. The Morgan fingerprint density at radius 1 is 1.13 bits per heavy atom. The molecule has 0 saturated carbocycles. The van der Waals surface area contributed by atoms with Crippen molar-refractivity contribution in [3.05, 3.63) is 51.5 Å². The fourth-order valence-corrected chi connectivity index (χ4v) is 3.03. The van der Waals surface area contributed by atoms with Crippen LogP contribution in [0.1, 0.15) is 16.7 Å². The van der Waals surface area contributed by atoms with E-state index in [0.29, 0.717) is 24.7 Å². The van der Waals surface area contributed by atoms with Crippen molar-refractivity contribution >= 4 is 27.5 Å². The lowest BCUT2D eigenvalue weighted by Crippen LogP contribution is -2.18. The van der Waals surface area contributed by atoms with Gasteiger partial charge in [0.1, 0.15) is 13.2 Å². The van der Waals surface area contributed by atoms with Crippen LogP contribution in [0.4, 0.5) is 5.69 Å². The summed E-state index contributed by atoms with van der Waals surface area (Å²) in [6.45, 7) is 5.10. The summed E-state index contributed by atoms with van der Waals surface area (Å²) in [5, 5.41) is 2.96. The molecule has 23 heavy (non-hydrogen) atoms. The van der Waals surface area contributed by atoms with E-state index in [-0.39, 0.29) is 12.3 Å². The van der Waals surface area contributed by atoms with E-state index < -0.39 is 0 Å². The fraction of sp³-hybridized carbons (Fsp3) is 0.278. The molecule has 2 aromatic carbocycles. The van der Waals surface area contributed by atoms with Gasteiger partial charge < -0.3 is 14.8 Å². The molecule has 0 aromatic heterocycles. The molecule has 2 aromatic rings. The van der Waals surface area contributed by atoms with Crippen molar-refractivity contribution in [1.82, 2.24) is 0 Å². The minimum absolute atomic E-state index is 0.0608. The summed E-state index contributed by atoms with van der Waals surface area (Å²) in [5.41, 5.74) is 3.94. The van der Waals surface area contributed by atoms with E-state index >= 15 is 0 Å². The Bertz CT molecular complexity index is 758. The highest BCUT2D eigenvalue weighted by Crippen LogP contribution is 2.35. The quantitative estimate of drug-likeness (QED) is 0.880. The molecule has 0 bridgehead atoms. The summed E-state index contributed by atoms with van der Waals surface area (Å²) in [6.07, 6.45) is 0.268. The number of carbonyl (C=O) groups is 1. The highest BCUT2D eigenvalue weighted by Gasteiger charge is 2.16. The topological polar surface area (TPSA) is 47.6 Å². The number of benzene rings is 2. The number of amides is 1. The lowest BCUT2D eigenvalue weighted by Gasteiger charge is -2.20. The van der Waals surface area contributed by atoms with Crippen LogP contribution >= 0.6 is 15.9 Å². The van der Waals surface area contributed by atoms with Crippen molar-refractivity contribution in [1.29, 1.82) is 0 Å². The second kappa shape index (κ2) is 6.62. The normalized spacial score (nSPS) is 12.8. The molecular formula is C18H18BrNO3. The van der Waals surface area contributed by atoms with Gasteiger partial charge in [0, 0.05) is 10.2 Å². The van der Waals surface area contributed by atoms with E-state index in [1.807, 2.05) is 38.1 Å². The van der Waals surface area contributed by atoms with E-state index in [9.17, 15) is 4.79 Å². The van der Waals surface area contributed by atoms with Gasteiger partial charge in [0.15, 0.2) is 11.5 Å². The second-order valence-electron chi connectivity index (χ2n) is 5.63. The first-order valence-corrected chi connectivity index (χ1v) is 8.27. The van der Waals surface area contributed by atoms with Crippen LogP contribution in [0.5, 0.6) is 11.5 Å². The Balaban J connectivity index is 1.75. The number of halogens is 1. The van der Waals surface area contributed by atoms with E-state index in [2.05, 4.69) is 27.3 Å². The molecule has 1 amide bonds. The summed E-state index contributed by atoms with van der Waals surface area (Å²) in [7, 11) is 0. The molecule has 0 saturated heterocycles. The molecular weight excluding hydrogens is 358 g/mol. The zero-order valence-electron chi connectivity index (χ0n) is 13.1. The molecule has 3 rings (SSSR count). The molecule has 0 atom stereocenters. The lowest BCUT2D eigenvalue weighted by atomic mass is 10.1.